The fourth-order valence-electron chi connectivity index (χ4n) is 2.13. The summed E-state index contributed by atoms with van der Waals surface area (Å²) < 4.78 is 13.5. The quantitative estimate of drug-likeness (QED) is 0.678. The summed E-state index contributed by atoms with van der Waals surface area (Å²) in [4.78, 5) is 8.56. The van der Waals surface area contributed by atoms with E-state index in [1.807, 2.05) is 23.6 Å². The Morgan fingerprint density at radius 1 is 1.21 bits per heavy atom. The lowest BCUT2D eigenvalue weighted by atomic mass is 10.1. The summed E-state index contributed by atoms with van der Waals surface area (Å²) in [5.41, 5.74) is 2.48. The minimum atomic E-state index is -0.195. The van der Waals surface area contributed by atoms with Crippen LogP contribution in [-0.2, 0) is 6.42 Å². The minimum Gasteiger partial charge on any atom is -0.362 e. The highest BCUT2D eigenvalue weighted by molar-refractivity contribution is 7.80. The number of rotatable bonds is 5. The van der Waals surface area contributed by atoms with Gasteiger partial charge in [-0.3, -0.25) is 4.98 Å². The molecule has 0 unspecified atom stereocenters. The van der Waals surface area contributed by atoms with Crippen LogP contribution >= 0.6 is 23.6 Å². The first-order valence-corrected chi connectivity index (χ1v) is 8.65. The van der Waals surface area contributed by atoms with E-state index in [4.69, 9.17) is 12.2 Å². The van der Waals surface area contributed by atoms with Crippen molar-refractivity contribution in [3.63, 3.8) is 0 Å². The highest BCUT2D eigenvalue weighted by atomic mass is 32.1. The average Bonchev–Trinajstić information content (AvgIpc) is 3.06. The predicted molar refractivity (Wildman–Crippen MR) is 99.7 cm³/mol. The van der Waals surface area contributed by atoms with E-state index in [1.54, 1.807) is 24.5 Å². The summed E-state index contributed by atoms with van der Waals surface area (Å²) in [6.45, 7) is 0.549. The number of hydrogen-bond donors (Lipinski definition) is 2. The van der Waals surface area contributed by atoms with E-state index in [0.717, 1.165) is 11.3 Å². The summed E-state index contributed by atoms with van der Waals surface area (Å²) in [5, 5.41) is 9.23. The van der Waals surface area contributed by atoms with Crippen LogP contribution in [0.15, 0.2) is 54.2 Å². The van der Waals surface area contributed by atoms with Gasteiger partial charge in [-0.1, -0.05) is 18.2 Å². The minimum absolute atomic E-state index is 0.195. The Labute approximate surface area is 148 Å². The molecule has 2 N–H and O–H groups in total. The van der Waals surface area contributed by atoms with Crippen molar-refractivity contribution in [1.29, 1.82) is 0 Å². The second kappa shape index (κ2) is 7.94. The fraction of sp³-hybridized carbons (Fsp3) is 0.118. The maximum absolute atomic E-state index is 13.5. The molecule has 0 radical (unpaired) electrons. The summed E-state index contributed by atoms with van der Waals surface area (Å²) >= 11 is 6.72. The van der Waals surface area contributed by atoms with E-state index in [9.17, 15) is 4.39 Å². The van der Waals surface area contributed by atoms with Gasteiger partial charge in [-0.05, 0) is 42.4 Å². The highest BCUT2D eigenvalue weighted by Gasteiger charge is 2.06. The number of anilines is 1. The normalized spacial score (nSPS) is 10.4. The van der Waals surface area contributed by atoms with Gasteiger partial charge >= 0.3 is 0 Å². The molecular formula is C17H15FN4S2. The third kappa shape index (κ3) is 4.33. The number of thiocarbonyl (C=S) groups is 1. The standard InChI is InChI=1S/C17H15FN4S2/c18-14-6-2-1-4-12(14)7-9-20-16(23)22-17-21-15(11-24-17)13-5-3-8-19-10-13/h1-6,8,10-11H,7,9H2,(H2,20,21,22,23). The van der Waals surface area contributed by atoms with Crippen LogP contribution in [0.3, 0.4) is 0 Å². The van der Waals surface area contributed by atoms with E-state index < -0.39 is 0 Å². The van der Waals surface area contributed by atoms with Crippen LogP contribution in [0.2, 0.25) is 0 Å². The zero-order valence-electron chi connectivity index (χ0n) is 12.7. The number of hydrogen-bond acceptors (Lipinski definition) is 4. The number of pyridine rings is 1. The molecule has 4 nitrogen and oxygen atoms in total. The van der Waals surface area contributed by atoms with Crippen LogP contribution in [0.5, 0.6) is 0 Å². The number of nitrogens with zero attached hydrogens (tertiary/aromatic N) is 2. The van der Waals surface area contributed by atoms with E-state index in [0.29, 0.717) is 28.8 Å². The molecule has 0 atom stereocenters. The Bertz CT molecular complexity index is 820. The third-order valence-electron chi connectivity index (χ3n) is 3.32. The number of nitrogens with one attached hydrogen (secondary N) is 2. The summed E-state index contributed by atoms with van der Waals surface area (Å²) in [6, 6.07) is 10.6. The van der Waals surface area contributed by atoms with Crippen molar-refractivity contribution in [2.24, 2.45) is 0 Å². The van der Waals surface area contributed by atoms with E-state index in [-0.39, 0.29) is 5.82 Å². The summed E-state index contributed by atoms with van der Waals surface area (Å²) in [5.74, 6) is -0.195. The third-order valence-corrected chi connectivity index (χ3v) is 4.32. The lowest BCUT2D eigenvalue weighted by molar-refractivity contribution is 0.607. The van der Waals surface area contributed by atoms with E-state index in [1.165, 1.54) is 17.4 Å². The summed E-state index contributed by atoms with van der Waals surface area (Å²) in [7, 11) is 0. The lowest BCUT2D eigenvalue weighted by Gasteiger charge is -2.08. The maximum Gasteiger partial charge on any atom is 0.189 e. The molecule has 0 saturated heterocycles. The van der Waals surface area contributed by atoms with Crippen LogP contribution in [0.1, 0.15) is 5.56 Å². The molecule has 0 saturated carbocycles. The number of halogens is 1. The van der Waals surface area contributed by atoms with Crippen molar-refractivity contribution >= 4 is 33.8 Å². The zero-order valence-corrected chi connectivity index (χ0v) is 14.3. The predicted octanol–water partition coefficient (Wildman–Crippen LogP) is 3.87. The molecule has 0 aliphatic heterocycles. The van der Waals surface area contributed by atoms with Gasteiger partial charge in [0.25, 0.3) is 0 Å². The maximum atomic E-state index is 13.5. The SMILES string of the molecule is Fc1ccccc1CCNC(=S)Nc1nc(-c2cccnc2)cs1. The Morgan fingerprint density at radius 2 is 2.08 bits per heavy atom. The van der Waals surface area contributed by atoms with E-state index >= 15 is 0 Å². The van der Waals surface area contributed by atoms with Gasteiger partial charge in [0.2, 0.25) is 0 Å². The van der Waals surface area contributed by atoms with Gasteiger partial charge in [0.1, 0.15) is 5.82 Å². The van der Waals surface area contributed by atoms with Crippen molar-refractivity contribution in [1.82, 2.24) is 15.3 Å². The first-order valence-electron chi connectivity index (χ1n) is 7.36. The van der Waals surface area contributed by atoms with Gasteiger partial charge in [0, 0.05) is 29.9 Å². The lowest BCUT2D eigenvalue weighted by Crippen LogP contribution is -2.30. The Balaban J connectivity index is 1.51. The molecule has 1 aromatic carbocycles. The molecule has 2 aromatic heterocycles. The molecular weight excluding hydrogens is 343 g/mol. The molecule has 0 fully saturated rings. The second-order valence-corrected chi connectivity index (χ2v) is 6.27. The van der Waals surface area contributed by atoms with Crippen molar-refractivity contribution in [2.45, 2.75) is 6.42 Å². The fourth-order valence-corrected chi connectivity index (χ4v) is 3.12. The molecule has 24 heavy (non-hydrogen) atoms. The molecule has 3 aromatic rings. The van der Waals surface area contributed by atoms with Gasteiger partial charge in [-0.25, -0.2) is 9.37 Å². The molecule has 0 aliphatic rings. The molecule has 0 bridgehead atoms. The molecule has 122 valence electrons. The van der Waals surface area contributed by atoms with Gasteiger partial charge in [0.15, 0.2) is 10.2 Å². The molecule has 0 aliphatic carbocycles. The number of thiazole rings is 1. The molecule has 7 heteroatoms. The van der Waals surface area contributed by atoms with Gasteiger partial charge in [-0.15, -0.1) is 11.3 Å². The van der Waals surface area contributed by atoms with Crippen LogP contribution in [0, 0.1) is 5.82 Å². The van der Waals surface area contributed by atoms with E-state index in [2.05, 4.69) is 20.6 Å². The largest absolute Gasteiger partial charge is 0.362 e. The first-order chi connectivity index (χ1) is 11.7. The molecule has 0 amide bonds. The summed E-state index contributed by atoms with van der Waals surface area (Å²) in [6.07, 6.45) is 4.06. The number of benzene rings is 1. The Hall–Kier alpha value is -2.38. The topological polar surface area (TPSA) is 49.8 Å². The smallest absolute Gasteiger partial charge is 0.189 e. The van der Waals surface area contributed by atoms with Crippen molar-refractivity contribution in [2.75, 3.05) is 11.9 Å². The van der Waals surface area contributed by atoms with Crippen molar-refractivity contribution in [3.8, 4) is 11.3 Å². The van der Waals surface area contributed by atoms with Crippen molar-refractivity contribution < 1.29 is 4.39 Å². The molecule has 2 heterocycles. The van der Waals surface area contributed by atoms with Gasteiger partial charge in [0.05, 0.1) is 5.69 Å². The Morgan fingerprint density at radius 3 is 2.88 bits per heavy atom. The number of aromatic nitrogens is 2. The van der Waals surface area contributed by atoms with Crippen LogP contribution in [-0.4, -0.2) is 21.6 Å². The first kappa shape index (κ1) is 16.5. The van der Waals surface area contributed by atoms with Crippen LogP contribution in [0.4, 0.5) is 9.52 Å². The monoisotopic (exact) mass is 358 g/mol. The highest BCUT2D eigenvalue weighted by Crippen LogP contribution is 2.23. The molecule has 0 spiro atoms. The Kier molecular flexibility index (Phi) is 5.45. The molecule has 3 rings (SSSR count). The van der Waals surface area contributed by atoms with Crippen molar-refractivity contribution in [3.05, 3.63) is 65.6 Å². The second-order valence-electron chi connectivity index (χ2n) is 5.00. The van der Waals surface area contributed by atoms with Gasteiger partial charge in [-0.2, -0.15) is 0 Å². The van der Waals surface area contributed by atoms with Crippen LogP contribution < -0.4 is 10.6 Å². The average molecular weight is 358 g/mol. The zero-order chi connectivity index (χ0) is 16.8. The van der Waals surface area contributed by atoms with Crippen LogP contribution in [0.25, 0.3) is 11.3 Å². The van der Waals surface area contributed by atoms with Gasteiger partial charge < -0.3 is 10.6 Å².